The van der Waals surface area contributed by atoms with Crippen molar-refractivity contribution in [2.45, 2.75) is 32.9 Å². The van der Waals surface area contributed by atoms with Crippen molar-refractivity contribution >= 4 is 5.96 Å². The number of nitrogens with zero attached hydrogens (tertiary/aromatic N) is 1. The van der Waals surface area contributed by atoms with Gasteiger partial charge >= 0.3 is 0 Å². The molecule has 0 bridgehead atoms. The molecule has 0 aromatic heterocycles. The molecule has 1 unspecified atom stereocenters. The molecule has 22 heavy (non-hydrogen) atoms. The Morgan fingerprint density at radius 2 is 1.73 bits per heavy atom. The molecule has 1 aromatic carbocycles. The van der Waals surface area contributed by atoms with Gasteiger partial charge in [0, 0.05) is 19.6 Å². The topological polar surface area (TPSA) is 64.1 Å². The van der Waals surface area contributed by atoms with Crippen LogP contribution in [0.25, 0.3) is 0 Å². The quantitative estimate of drug-likeness (QED) is 0.597. The lowest BCUT2D eigenvalue weighted by molar-refractivity contribution is 0.323. The van der Waals surface area contributed by atoms with E-state index in [0.717, 1.165) is 17.9 Å². The van der Waals surface area contributed by atoms with Gasteiger partial charge < -0.3 is 24.8 Å². The average molecular weight is 309 g/mol. The maximum atomic E-state index is 5.36. The third-order valence-electron chi connectivity index (χ3n) is 3.40. The first-order chi connectivity index (χ1) is 10.6. The molecule has 0 fully saturated rings. The molecular formula is C16H27N3O3. The molecular weight excluding hydrogens is 282 g/mol. The summed E-state index contributed by atoms with van der Waals surface area (Å²) in [5, 5.41) is 6.60. The Morgan fingerprint density at radius 1 is 1.14 bits per heavy atom. The van der Waals surface area contributed by atoms with E-state index in [1.165, 1.54) is 0 Å². The number of nitrogens with one attached hydrogen (secondary N) is 2. The van der Waals surface area contributed by atoms with E-state index < -0.39 is 0 Å². The SMILES string of the molecule is CCC(C)NC(=NC)NCc1cc(OC)c(OC)c(OC)c1. The summed E-state index contributed by atoms with van der Waals surface area (Å²) >= 11 is 0. The number of aliphatic imine (C=N–C) groups is 1. The minimum Gasteiger partial charge on any atom is -0.493 e. The Hall–Kier alpha value is -2.11. The van der Waals surface area contributed by atoms with E-state index in [-0.39, 0.29) is 0 Å². The standard InChI is InChI=1S/C16H27N3O3/c1-7-11(2)19-16(17-3)18-10-12-8-13(20-4)15(22-6)14(9-12)21-5/h8-9,11H,7,10H2,1-6H3,(H2,17,18,19). The maximum Gasteiger partial charge on any atom is 0.203 e. The van der Waals surface area contributed by atoms with Crippen LogP contribution in [-0.2, 0) is 6.54 Å². The molecule has 6 heteroatoms. The van der Waals surface area contributed by atoms with E-state index in [1.54, 1.807) is 28.4 Å². The van der Waals surface area contributed by atoms with Crippen LogP contribution < -0.4 is 24.8 Å². The van der Waals surface area contributed by atoms with Gasteiger partial charge in [0.15, 0.2) is 17.5 Å². The van der Waals surface area contributed by atoms with Crippen molar-refractivity contribution in [3.05, 3.63) is 17.7 Å². The first kappa shape index (κ1) is 17.9. The lowest BCUT2D eigenvalue weighted by Crippen LogP contribution is -2.41. The highest BCUT2D eigenvalue weighted by Gasteiger charge is 2.13. The van der Waals surface area contributed by atoms with E-state index in [0.29, 0.717) is 29.8 Å². The van der Waals surface area contributed by atoms with E-state index in [2.05, 4.69) is 29.5 Å². The second-order valence-electron chi connectivity index (χ2n) is 4.91. The number of hydrogen-bond acceptors (Lipinski definition) is 4. The van der Waals surface area contributed by atoms with Gasteiger partial charge in [-0.1, -0.05) is 6.92 Å². The Bertz CT molecular complexity index is 478. The highest BCUT2D eigenvalue weighted by atomic mass is 16.5. The van der Waals surface area contributed by atoms with Crippen molar-refractivity contribution in [3.63, 3.8) is 0 Å². The van der Waals surface area contributed by atoms with Gasteiger partial charge in [-0.2, -0.15) is 0 Å². The normalized spacial score (nSPS) is 12.5. The van der Waals surface area contributed by atoms with E-state index in [9.17, 15) is 0 Å². The zero-order chi connectivity index (χ0) is 16.5. The third-order valence-corrected chi connectivity index (χ3v) is 3.40. The first-order valence-electron chi connectivity index (χ1n) is 7.35. The Kier molecular flexibility index (Phi) is 7.36. The molecule has 0 saturated heterocycles. The second kappa shape index (κ2) is 9.02. The zero-order valence-corrected chi connectivity index (χ0v) is 14.3. The smallest absolute Gasteiger partial charge is 0.203 e. The van der Waals surface area contributed by atoms with Crippen LogP contribution in [0.4, 0.5) is 0 Å². The van der Waals surface area contributed by atoms with Crippen LogP contribution in [0.3, 0.4) is 0 Å². The molecule has 0 heterocycles. The monoisotopic (exact) mass is 309 g/mol. The number of hydrogen-bond donors (Lipinski definition) is 2. The van der Waals surface area contributed by atoms with Crippen molar-refractivity contribution in [1.82, 2.24) is 10.6 Å². The van der Waals surface area contributed by atoms with Crippen molar-refractivity contribution in [2.24, 2.45) is 4.99 Å². The molecule has 0 aliphatic carbocycles. The summed E-state index contributed by atoms with van der Waals surface area (Å²) in [5.41, 5.74) is 1.02. The number of ether oxygens (including phenoxy) is 3. The van der Waals surface area contributed by atoms with Gasteiger partial charge in [0.05, 0.1) is 21.3 Å². The van der Waals surface area contributed by atoms with E-state index >= 15 is 0 Å². The Morgan fingerprint density at radius 3 is 2.14 bits per heavy atom. The number of methoxy groups -OCH3 is 3. The van der Waals surface area contributed by atoms with Crippen LogP contribution in [0.15, 0.2) is 17.1 Å². The predicted molar refractivity (Wildman–Crippen MR) is 89.2 cm³/mol. The average Bonchev–Trinajstić information content (AvgIpc) is 2.56. The van der Waals surface area contributed by atoms with E-state index in [1.807, 2.05) is 12.1 Å². The number of guanidine groups is 1. The molecule has 6 nitrogen and oxygen atoms in total. The van der Waals surface area contributed by atoms with Crippen LogP contribution in [0.5, 0.6) is 17.2 Å². The van der Waals surface area contributed by atoms with Crippen LogP contribution >= 0.6 is 0 Å². The van der Waals surface area contributed by atoms with Crippen molar-refractivity contribution < 1.29 is 14.2 Å². The minimum absolute atomic E-state index is 0.367. The zero-order valence-electron chi connectivity index (χ0n) is 14.3. The molecule has 0 aliphatic rings. The lowest BCUT2D eigenvalue weighted by Gasteiger charge is -2.18. The van der Waals surface area contributed by atoms with Crippen molar-refractivity contribution in [2.75, 3.05) is 28.4 Å². The van der Waals surface area contributed by atoms with Gasteiger partial charge in [0.25, 0.3) is 0 Å². The molecule has 0 saturated carbocycles. The summed E-state index contributed by atoms with van der Waals surface area (Å²) in [4.78, 5) is 4.22. The fraction of sp³-hybridized carbons (Fsp3) is 0.562. The predicted octanol–water partition coefficient (Wildman–Crippen LogP) is 2.18. The maximum absolute atomic E-state index is 5.36. The first-order valence-corrected chi connectivity index (χ1v) is 7.35. The third kappa shape index (κ3) is 4.72. The van der Waals surface area contributed by atoms with Crippen molar-refractivity contribution in [1.29, 1.82) is 0 Å². The van der Waals surface area contributed by atoms with Crippen molar-refractivity contribution in [3.8, 4) is 17.2 Å². The molecule has 0 spiro atoms. The van der Waals surface area contributed by atoms with Gasteiger partial charge in [-0.05, 0) is 31.0 Å². The molecule has 0 amide bonds. The minimum atomic E-state index is 0.367. The Labute approximate surface area is 132 Å². The van der Waals surface area contributed by atoms with Gasteiger partial charge in [-0.15, -0.1) is 0 Å². The highest BCUT2D eigenvalue weighted by molar-refractivity contribution is 5.79. The van der Waals surface area contributed by atoms with Gasteiger partial charge in [0.2, 0.25) is 5.75 Å². The second-order valence-corrected chi connectivity index (χ2v) is 4.91. The number of rotatable bonds is 7. The molecule has 124 valence electrons. The van der Waals surface area contributed by atoms with Crippen LogP contribution in [0.1, 0.15) is 25.8 Å². The fourth-order valence-electron chi connectivity index (χ4n) is 1.95. The molecule has 2 N–H and O–H groups in total. The molecule has 1 aromatic rings. The molecule has 0 radical (unpaired) electrons. The van der Waals surface area contributed by atoms with Crippen LogP contribution in [0, 0.1) is 0 Å². The molecule has 0 aliphatic heterocycles. The van der Waals surface area contributed by atoms with Gasteiger partial charge in [-0.25, -0.2) is 0 Å². The van der Waals surface area contributed by atoms with Crippen LogP contribution in [-0.4, -0.2) is 40.4 Å². The Balaban J connectivity index is 2.85. The lowest BCUT2D eigenvalue weighted by atomic mass is 10.2. The molecule has 1 rings (SSSR count). The summed E-state index contributed by atoms with van der Waals surface area (Å²) < 4.78 is 16.0. The summed E-state index contributed by atoms with van der Waals surface area (Å²) in [5.74, 6) is 2.64. The summed E-state index contributed by atoms with van der Waals surface area (Å²) in [7, 11) is 6.57. The summed E-state index contributed by atoms with van der Waals surface area (Å²) in [6, 6.07) is 4.21. The largest absolute Gasteiger partial charge is 0.493 e. The fourth-order valence-corrected chi connectivity index (χ4v) is 1.95. The highest BCUT2D eigenvalue weighted by Crippen LogP contribution is 2.38. The van der Waals surface area contributed by atoms with Gasteiger partial charge in [0.1, 0.15) is 0 Å². The van der Waals surface area contributed by atoms with E-state index in [4.69, 9.17) is 14.2 Å². The van der Waals surface area contributed by atoms with Gasteiger partial charge in [-0.3, -0.25) is 4.99 Å². The number of benzene rings is 1. The van der Waals surface area contributed by atoms with Crippen LogP contribution in [0.2, 0.25) is 0 Å². The molecule has 1 atom stereocenters. The summed E-state index contributed by atoms with van der Waals surface area (Å²) in [6.07, 6.45) is 1.03. The summed E-state index contributed by atoms with van der Waals surface area (Å²) in [6.45, 7) is 4.85.